The minimum Gasteiger partial charge on any atom is -0.467 e. The lowest BCUT2D eigenvalue weighted by Crippen LogP contribution is -2.38. The predicted molar refractivity (Wildman–Crippen MR) is 128 cm³/mol. The number of ether oxygens (including phenoxy) is 1. The third-order valence-electron chi connectivity index (χ3n) is 5.77. The highest BCUT2D eigenvalue weighted by molar-refractivity contribution is 8.24. The minimum atomic E-state index is -2.42. The van der Waals surface area contributed by atoms with Crippen molar-refractivity contribution < 1.29 is 13.8 Å². The number of imidazole rings is 1. The molecule has 168 valence electrons. The summed E-state index contributed by atoms with van der Waals surface area (Å²) >= 11 is 0. The largest absolute Gasteiger partial charge is 0.467 e. The molecule has 4 heterocycles. The first kappa shape index (κ1) is 21.2. The zero-order valence-corrected chi connectivity index (χ0v) is 18.7. The van der Waals surface area contributed by atoms with Gasteiger partial charge in [-0.25, -0.2) is 15.0 Å². The molecule has 1 saturated heterocycles. The number of nitrogens with zero attached hydrogens (tertiary/aromatic N) is 6. The Morgan fingerprint density at radius 2 is 1.67 bits per heavy atom. The number of hydrogen-bond acceptors (Lipinski definition) is 8. The van der Waals surface area contributed by atoms with Gasteiger partial charge in [0.15, 0.2) is 5.65 Å². The van der Waals surface area contributed by atoms with Crippen LogP contribution >= 0.6 is 10.6 Å². The molecule has 1 aliphatic heterocycles. The van der Waals surface area contributed by atoms with Gasteiger partial charge in [-0.1, -0.05) is 12.1 Å². The SMILES string of the molecule is COc1ncc(-c2cc(C#N)c3ncc(-c4ccc(N5CCS(O)(O)CC5)cc4)n3c2)cn1. The van der Waals surface area contributed by atoms with E-state index in [1.807, 2.05) is 34.9 Å². The molecular weight excluding hydrogens is 440 g/mol. The molecule has 1 aromatic carbocycles. The molecule has 2 N–H and O–H groups in total. The summed E-state index contributed by atoms with van der Waals surface area (Å²) in [6.45, 7) is 1.24. The zero-order chi connectivity index (χ0) is 23.0. The number of hydrogen-bond donors (Lipinski definition) is 2. The van der Waals surface area contributed by atoms with Gasteiger partial charge in [0.25, 0.3) is 0 Å². The van der Waals surface area contributed by atoms with Gasteiger partial charge in [-0.15, -0.1) is 0 Å². The Morgan fingerprint density at radius 3 is 2.30 bits per heavy atom. The molecular formula is C23H22N6O3S. The molecule has 0 unspecified atom stereocenters. The number of benzene rings is 1. The summed E-state index contributed by atoms with van der Waals surface area (Å²) in [5, 5.41) is 9.69. The van der Waals surface area contributed by atoms with Crippen molar-refractivity contribution in [3.8, 4) is 34.5 Å². The molecule has 9 nitrogen and oxygen atoms in total. The highest BCUT2D eigenvalue weighted by Crippen LogP contribution is 2.41. The van der Waals surface area contributed by atoms with E-state index in [-0.39, 0.29) is 6.01 Å². The molecule has 1 aliphatic rings. The molecule has 0 atom stereocenters. The van der Waals surface area contributed by atoms with Gasteiger partial charge in [-0.2, -0.15) is 15.9 Å². The standard InChI is InChI=1S/C23H22N6O3S/c1-32-23-26-12-19(13-27-23)18-10-17(11-24)22-25-14-21(29(22)15-18)16-2-4-20(5-3-16)28-6-8-33(30,31)9-7-28/h2-5,10,12-15,30-31H,6-9H2,1H3. The van der Waals surface area contributed by atoms with Gasteiger partial charge in [0, 0.05) is 54.1 Å². The fourth-order valence-corrected chi connectivity index (χ4v) is 5.17. The maximum Gasteiger partial charge on any atom is 0.316 e. The number of nitriles is 1. The number of anilines is 1. The minimum absolute atomic E-state index is 0.280. The molecule has 1 fully saturated rings. The molecule has 4 aromatic rings. The van der Waals surface area contributed by atoms with Crippen LogP contribution in [0.4, 0.5) is 5.69 Å². The number of methoxy groups -OCH3 is 1. The van der Waals surface area contributed by atoms with Gasteiger partial charge in [0.2, 0.25) is 0 Å². The van der Waals surface area contributed by atoms with E-state index in [0.717, 1.165) is 28.1 Å². The fraction of sp³-hybridized carbons (Fsp3) is 0.217. The monoisotopic (exact) mass is 462 g/mol. The molecule has 0 radical (unpaired) electrons. The number of rotatable bonds is 4. The summed E-state index contributed by atoms with van der Waals surface area (Å²) in [7, 11) is -0.914. The van der Waals surface area contributed by atoms with Crippen molar-refractivity contribution in [3.05, 3.63) is 60.7 Å². The Balaban J connectivity index is 1.50. The van der Waals surface area contributed by atoms with Gasteiger partial charge in [0.05, 0.1) is 36.1 Å². The van der Waals surface area contributed by atoms with Crippen molar-refractivity contribution in [2.45, 2.75) is 0 Å². The fourth-order valence-electron chi connectivity index (χ4n) is 3.94. The maximum atomic E-state index is 9.85. The van der Waals surface area contributed by atoms with Crippen LogP contribution in [0.5, 0.6) is 6.01 Å². The van der Waals surface area contributed by atoms with E-state index in [2.05, 4.69) is 25.9 Å². The van der Waals surface area contributed by atoms with Crippen molar-refractivity contribution in [2.75, 3.05) is 36.6 Å². The first-order valence-electron chi connectivity index (χ1n) is 10.3. The number of aromatic nitrogens is 4. The Kier molecular flexibility index (Phi) is 5.38. The molecule has 0 spiro atoms. The van der Waals surface area contributed by atoms with E-state index < -0.39 is 10.6 Å². The van der Waals surface area contributed by atoms with E-state index in [4.69, 9.17) is 4.74 Å². The molecule has 3 aromatic heterocycles. The highest BCUT2D eigenvalue weighted by Gasteiger charge is 2.22. The second kappa shape index (κ2) is 8.37. The Morgan fingerprint density at radius 1 is 0.970 bits per heavy atom. The van der Waals surface area contributed by atoms with Gasteiger partial charge in [-0.05, 0) is 18.2 Å². The van der Waals surface area contributed by atoms with Crippen LogP contribution in [-0.2, 0) is 0 Å². The highest BCUT2D eigenvalue weighted by atomic mass is 32.3. The van der Waals surface area contributed by atoms with Crippen LogP contribution in [0.2, 0.25) is 0 Å². The average Bonchev–Trinajstić information content (AvgIpc) is 3.28. The Hall–Kier alpha value is -3.65. The number of pyridine rings is 1. The molecule has 5 rings (SSSR count). The van der Waals surface area contributed by atoms with Gasteiger partial charge in [0.1, 0.15) is 6.07 Å². The molecule has 0 saturated carbocycles. The molecule has 33 heavy (non-hydrogen) atoms. The average molecular weight is 463 g/mol. The molecule has 10 heteroatoms. The van der Waals surface area contributed by atoms with Crippen LogP contribution in [0.25, 0.3) is 28.0 Å². The third-order valence-corrected chi connectivity index (χ3v) is 7.45. The summed E-state index contributed by atoms with van der Waals surface area (Å²) < 4.78 is 26.6. The molecule has 0 aliphatic carbocycles. The normalized spacial score (nSPS) is 16.4. The first-order valence-corrected chi connectivity index (χ1v) is 12.2. The van der Waals surface area contributed by atoms with Crippen LogP contribution in [-0.4, -0.2) is 60.2 Å². The lowest BCUT2D eigenvalue weighted by atomic mass is 10.1. The van der Waals surface area contributed by atoms with Gasteiger partial charge < -0.3 is 9.64 Å². The summed E-state index contributed by atoms with van der Waals surface area (Å²) in [5.41, 5.74) is 5.45. The third kappa shape index (κ3) is 4.09. The van der Waals surface area contributed by atoms with Crippen molar-refractivity contribution in [1.82, 2.24) is 19.4 Å². The molecule has 0 bridgehead atoms. The van der Waals surface area contributed by atoms with E-state index in [0.29, 0.717) is 35.8 Å². The quantitative estimate of drug-likeness (QED) is 0.468. The lowest BCUT2D eigenvalue weighted by molar-refractivity contribution is 0.380. The van der Waals surface area contributed by atoms with Gasteiger partial charge >= 0.3 is 6.01 Å². The van der Waals surface area contributed by atoms with Crippen molar-refractivity contribution in [3.63, 3.8) is 0 Å². The summed E-state index contributed by atoms with van der Waals surface area (Å²) in [5.74, 6) is 0.799. The van der Waals surface area contributed by atoms with Crippen LogP contribution < -0.4 is 9.64 Å². The van der Waals surface area contributed by atoms with Crippen LogP contribution in [0, 0.1) is 11.3 Å². The Bertz CT molecular complexity index is 1340. The van der Waals surface area contributed by atoms with E-state index in [1.54, 1.807) is 24.7 Å². The summed E-state index contributed by atoms with van der Waals surface area (Å²) in [6, 6.07) is 12.4. The molecule has 0 amide bonds. The second-order valence-electron chi connectivity index (χ2n) is 7.79. The number of fused-ring (bicyclic) bond motifs is 1. The smallest absolute Gasteiger partial charge is 0.316 e. The van der Waals surface area contributed by atoms with Crippen molar-refractivity contribution >= 4 is 21.9 Å². The van der Waals surface area contributed by atoms with Crippen LogP contribution in [0.1, 0.15) is 5.56 Å². The second-order valence-corrected chi connectivity index (χ2v) is 10.2. The van der Waals surface area contributed by atoms with Gasteiger partial charge in [-0.3, -0.25) is 13.5 Å². The van der Waals surface area contributed by atoms with E-state index in [9.17, 15) is 14.4 Å². The van der Waals surface area contributed by atoms with Crippen LogP contribution in [0.3, 0.4) is 0 Å². The van der Waals surface area contributed by atoms with E-state index in [1.165, 1.54) is 7.11 Å². The maximum absolute atomic E-state index is 9.85. The van der Waals surface area contributed by atoms with Crippen molar-refractivity contribution in [2.24, 2.45) is 0 Å². The lowest BCUT2D eigenvalue weighted by Gasteiger charge is -2.41. The van der Waals surface area contributed by atoms with Crippen molar-refractivity contribution in [1.29, 1.82) is 5.26 Å². The Labute approximate surface area is 192 Å². The summed E-state index contributed by atoms with van der Waals surface area (Å²) in [6.07, 6.45) is 7.00. The summed E-state index contributed by atoms with van der Waals surface area (Å²) in [4.78, 5) is 15.0. The zero-order valence-electron chi connectivity index (χ0n) is 17.9. The topological polar surface area (TPSA) is 120 Å². The predicted octanol–water partition coefficient (Wildman–Crippen LogP) is 3.91. The van der Waals surface area contributed by atoms with E-state index >= 15 is 0 Å². The van der Waals surface area contributed by atoms with Crippen LogP contribution in [0.15, 0.2) is 55.1 Å². The first-order chi connectivity index (χ1) is 16.0.